The molecule has 6 nitrogen and oxygen atoms in total. The Morgan fingerprint density at radius 3 is 2.42 bits per heavy atom. The molecule has 1 N–H and O–H groups in total. The Hall–Kier alpha value is -3.15. The fraction of sp³-hybridized carbons (Fsp3) is 0.167. The van der Waals surface area contributed by atoms with E-state index >= 15 is 0 Å². The molecule has 0 radical (unpaired) electrons. The number of carbonyl (C=O) groups is 2. The van der Waals surface area contributed by atoms with Crippen LogP contribution in [-0.2, 0) is 16.6 Å². The number of rotatable bonds is 7. The van der Waals surface area contributed by atoms with Gasteiger partial charge in [-0.05, 0) is 35.9 Å². The fourth-order valence-corrected chi connectivity index (χ4v) is 2.00. The van der Waals surface area contributed by atoms with Crippen molar-refractivity contribution in [3.05, 3.63) is 53.9 Å². The quantitative estimate of drug-likeness (QED) is 0.624. The van der Waals surface area contributed by atoms with E-state index in [-0.39, 0.29) is 23.7 Å². The molecular weight excluding hydrogens is 308 g/mol. The number of carbonyl (C=O) groups excluding carboxylic acids is 2. The van der Waals surface area contributed by atoms with Gasteiger partial charge in [-0.1, -0.05) is 12.1 Å². The first-order valence-electron chi connectivity index (χ1n) is 7.25. The summed E-state index contributed by atoms with van der Waals surface area (Å²) in [6.07, 6.45) is 9.02. The van der Waals surface area contributed by atoms with Crippen LogP contribution in [-0.4, -0.2) is 33.6 Å². The number of allylic oxidation sites excluding steroid dienone is 2. The molecule has 0 fully saturated rings. The average molecular weight is 326 g/mol. The summed E-state index contributed by atoms with van der Waals surface area (Å²) in [5.41, 5.74) is 1.43. The summed E-state index contributed by atoms with van der Waals surface area (Å²) in [7, 11) is 3.24. The number of aromatic nitrogens is 2. The van der Waals surface area contributed by atoms with Crippen molar-refractivity contribution in [1.29, 1.82) is 0 Å². The molecule has 1 aromatic carbocycles. The van der Waals surface area contributed by atoms with Crippen LogP contribution in [0, 0.1) is 0 Å². The highest BCUT2D eigenvalue weighted by atomic mass is 16.5. The molecule has 0 aliphatic heterocycles. The van der Waals surface area contributed by atoms with Crippen LogP contribution in [0.4, 0.5) is 0 Å². The topological polar surface area (TPSA) is 81.4 Å². The molecule has 124 valence electrons. The first-order valence-corrected chi connectivity index (χ1v) is 7.25. The zero-order valence-corrected chi connectivity index (χ0v) is 13.5. The van der Waals surface area contributed by atoms with Crippen molar-refractivity contribution in [3.8, 4) is 11.5 Å². The lowest BCUT2D eigenvalue weighted by Gasteiger charge is -2.03. The van der Waals surface area contributed by atoms with Crippen LogP contribution in [0.25, 0.3) is 12.2 Å². The molecule has 6 heteroatoms. The van der Waals surface area contributed by atoms with E-state index in [9.17, 15) is 14.7 Å². The van der Waals surface area contributed by atoms with Gasteiger partial charge in [0, 0.05) is 18.8 Å². The second-order valence-electron chi connectivity index (χ2n) is 5.15. The molecule has 0 spiro atoms. The Morgan fingerprint density at radius 2 is 1.88 bits per heavy atom. The van der Waals surface area contributed by atoms with Crippen LogP contribution in [0.5, 0.6) is 11.5 Å². The second-order valence-corrected chi connectivity index (χ2v) is 5.15. The lowest BCUT2D eigenvalue weighted by molar-refractivity contribution is -0.121. The lowest BCUT2D eigenvalue weighted by atomic mass is 10.1. The molecule has 24 heavy (non-hydrogen) atoms. The molecule has 0 amide bonds. The SMILES string of the molecule is COc1ccc(/C=C/C(=O)CC(=O)/C=C/c2cnn(C)c2)cc1O. The highest BCUT2D eigenvalue weighted by molar-refractivity contribution is 6.10. The lowest BCUT2D eigenvalue weighted by Crippen LogP contribution is -2.01. The summed E-state index contributed by atoms with van der Waals surface area (Å²) < 4.78 is 6.57. The number of methoxy groups -OCH3 is 1. The Bertz CT molecular complexity index is 803. The number of phenols is 1. The largest absolute Gasteiger partial charge is 0.504 e. The first-order chi connectivity index (χ1) is 11.5. The number of ketones is 2. The van der Waals surface area contributed by atoms with Crippen LogP contribution in [0.2, 0.25) is 0 Å². The number of benzene rings is 1. The maximum atomic E-state index is 11.8. The van der Waals surface area contributed by atoms with Crippen LogP contribution in [0.15, 0.2) is 42.7 Å². The van der Waals surface area contributed by atoms with Gasteiger partial charge >= 0.3 is 0 Å². The van der Waals surface area contributed by atoms with Crippen molar-refractivity contribution >= 4 is 23.7 Å². The molecule has 2 aromatic rings. The zero-order chi connectivity index (χ0) is 17.5. The summed E-state index contributed by atoms with van der Waals surface area (Å²) in [5.74, 6) is -0.256. The average Bonchev–Trinajstić information content (AvgIpc) is 2.96. The van der Waals surface area contributed by atoms with Crippen molar-refractivity contribution in [2.24, 2.45) is 7.05 Å². The fourth-order valence-electron chi connectivity index (χ4n) is 2.00. The number of nitrogens with zero attached hydrogens (tertiary/aromatic N) is 2. The van der Waals surface area contributed by atoms with Gasteiger partial charge in [0.05, 0.1) is 19.7 Å². The van der Waals surface area contributed by atoms with E-state index in [0.29, 0.717) is 11.3 Å². The van der Waals surface area contributed by atoms with Crippen molar-refractivity contribution < 1.29 is 19.4 Å². The molecule has 0 aliphatic carbocycles. The van der Waals surface area contributed by atoms with Gasteiger partial charge in [0.2, 0.25) is 0 Å². The second kappa shape index (κ2) is 7.92. The van der Waals surface area contributed by atoms with E-state index in [4.69, 9.17) is 4.74 Å². The van der Waals surface area contributed by atoms with Gasteiger partial charge in [0.1, 0.15) is 0 Å². The molecule has 0 saturated carbocycles. The maximum Gasteiger partial charge on any atom is 0.163 e. The van der Waals surface area contributed by atoms with E-state index in [0.717, 1.165) is 5.56 Å². The molecule has 0 bridgehead atoms. The van der Waals surface area contributed by atoms with Crippen molar-refractivity contribution in [2.45, 2.75) is 6.42 Å². The third-order valence-corrected chi connectivity index (χ3v) is 3.20. The van der Waals surface area contributed by atoms with E-state index in [1.165, 1.54) is 25.3 Å². The van der Waals surface area contributed by atoms with Gasteiger partial charge in [-0.2, -0.15) is 5.10 Å². The molecule has 1 heterocycles. The Labute approximate surface area is 139 Å². The van der Waals surface area contributed by atoms with Crippen molar-refractivity contribution in [3.63, 3.8) is 0 Å². The Balaban J connectivity index is 1.91. The van der Waals surface area contributed by atoms with E-state index in [1.54, 1.807) is 48.4 Å². The number of aryl methyl sites for hydroxylation is 1. The van der Waals surface area contributed by atoms with Crippen LogP contribution >= 0.6 is 0 Å². The van der Waals surface area contributed by atoms with Gasteiger partial charge in [-0.15, -0.1) is 0 Å². The number of aromatic hydroxyl groups is 1. The first kappa shape index (κ1) is 17.2. The molecule has 0 saturated heterocycles. The van der Waals surface area contributed by atoms with Crippen LogP contribution < -0.4 is 4.74 Å². The van der Waals surface area contributed by atoms with Gasteiger partial charge in [-0.25, -0.2) is 0 Å². The normalized spacial score (nSPS) is 11.2. The van der Waals surface area contributed by atoms with E-state index in [1.807, 2.05) is 0 Å². The number of ether oxygens (including phenoxy) is 1. The number of phenolic OH excluding ortho intramolecular Hbond substituents is 1. The minimum atomic E-state index is -0.314. The third-order valence-electron chi connectivity index (χ3n) is 3.20. The smallest absolute Gasteiger partial charge is 0.163 e. The maximum absolute atomic E-state index is 11.8. The minimum absolute atomic E-state index is 0.0115. The summed E-state index contributed by atoms with van der Waals surface area (Å²) >= 11 is 0. The third kappa shape index (κ3) is 4.95. The predicted molar refractivity (Wildman–Crippen MR) is 90.6 cm³/mol. The molecule has 0 aliphatic rings. The minimum Gasteiger partial charge on any atom is -0.504 e. The standard InChI is InChI=1S/C18H18N2O4/c1-20-12-14(11-19-20)4-7-16(22)10-15(21)6-3-13-5-8-18(24-2)17(23)9-13/h3-9,11-12,23H,10H2,1-2H3/b6-3+,7-4+. The molecular formula is C18H18N2O4. The molecule has 2 rings (SSSR count). The van der Waals surface area contributed by atoms with Crippen molar-refractivity contribution in [1.82, 2.24) is 9.78 Å². The Morgan fingerprint density at radius 1 is 1.21 bits per heavy atom. The van der Waals surface area contributed by atoms with Gasteiger partial charge in [0.25, 0.3) is 0 Å². The Kier molecular flexibility index (Phi) is 5.68. The van der Waals surface area contributed by atoms with Gasteiger partial charge in [-0.3, -0.25) is 14.3 Å². The zero-order valence-electron chi connectivity index (χ0n) is 13.5. The van der Waals surface area contributed by atoms with Gasteiger partial charge in [0.15, 0.2) is 23.1 Å². The van der Waals surface area contributed by atoms with Crippen LogP contribution in [0.3, 0.4) is 0 Å². The summed E-state index contributed by atoms with van der Waals surface area (Å²) in [6.45, 7) is 0. The van der Waals surface area contributed by atoms with Crippen LogP contribution in [0.1, 0.15) is 17.5 Å². The summed E-state index contributed by atoms with van der Waals surface area (Å²) in [5, 5.41) is 13.7. The highest BCUT2D eigenvalue weighted by Crippen LogP contribution is 2.26. The molecule has 0 unspecified atom stereocenters. The monoisotopic (exact) mass is 326 g/mol. The van der Waals surface area contributed by atoms with Crippen molar-refractivity contribution in [2.75, 3.05) is 7.11 Å². The summed E-state index contributed by atoms with van der Waals surface area (Å²) in [4.78, 5) is 23.6. The van der Waals surface area contributed by atoms with E-state index < -0.39 is 0 Å². The predicted octanol–water partition coefficient (Wildman–Crippen LogP) is 2.39. The highest BCUT2D eigenvalue weighted by Gasteiger charge is 2.05. The number of hydrogen-bond acceptors (Lipinski definition) is 5. The number of hydrogen-bond donors (Lipinski definition) is 1. The molecule has 1 aromatic heterocycles. The summed E-state index contributed by atoms with van der Waals surface area (Å²) in [6, 6.07) is 4.78. The van der Waals surface area contributed by atoms with Gasteiger partial charge < -0.3 is 9.84 Å². The van der Waals surface area contributed by atoms with E-state index in [2.05, 4.69) is 5.10 Å². The molecule has 0 atom stereocenters.